The smallest absolute Gasteiger partial charge is 0.106 e. The van der Waals surface area contributed by atoms with Crippen LogP contribution in [0.2, 0.25) is 0 Å². The van der Waals surface area contributed by atoms with Gasteiger partial charge in [-0.05, 0) is 46.6 Å². The molecule has 0 aromatic carbocycles. The van der Waals surface area contributed by atoms with Crippen molar-refractivity contribution in [2.24, 2.45) is 0 Å². The van der Waals surface area contributed by atoms with Crippen LogP contribution in [0, 0.1) is 6.92 Å². The fourth-order valence-electron chi connectivity index (χ4n) is 1.49. The third-order valence-electron chi connectivity index (χ3n) is 2.38. The molecular weight excluding hydrogens is 278 g/mol. The van der Waals surface area contributed by atoms with Crippen LogP contribution >= 0.6 is 15.9 Å². The molecule has 0 aliphatic carbocycles. The van der Waals surface area contributed by atoms with Gasteiger partial charge in [0.1, 0.15) is 4.60 Å². The lowest BCUT2D eigenvalue weighted by atomic mass is 10.2. The molecule has 0 unspecified atom stereocenters. The molecule has 4 heteroatoms. The second-order valence-corrected chi connectivity index (χ2v) is 4.68. The number of rotatable bonds is 4. The Kier molecular flexibility index (Phi) is 4.23. The molecule has 0 fully saturated rings. The molecule has 17 heavy (non-hydrogen) atoms. The highest BCUT2D eigenvalue weighted by Gasteiger charge is 1.96. The second kappa shape index (κ2) is 5.89. The molecule has 2 aromatic heterocycles. The molecule has 0 aliphatic rings. The number of nitrogens with one attached hydrogen (secondary N) is 1. The van der Waals surface area contributed by atoms with Crippen molar-refractivity contribution in [3.05, 3.63) is 58.1 Å². The molecule has 88 valence electrons. The summed E-state index contributed by atoms with van der Waals surface area (Å²) in [6.45, 7) is 3.55. The maximum atomic E-state index is 4.36. The Hall–Kier alpha value is -1.26. The van der Waals surface area contributed by atoms with Crippen molar-refractivity contribution >= 4 is 15.9 Å². The molecule has 0 saturated carbocycles. The predicted octanol–water partition coefficient (Wildman–Crippen LogP) is 2.84. The minimum atomic E-state index is 0.757. The van der Waals surface area contributed by atoms with Crippen LogP contribution in [0.25, 0.3) is 0 Å². The number of halogens is 1. The van der Waals surface area contributed by atoms with Crippen molar-refractivity contribution in [2.45, 2.75) is 20.0 Å². The molecule has 0 saturated heterocycles. The van der Waals surface area contributed by atoms with Crippen molar-refractivity contribution in [3.8, 4) is 0 Å². The lowest BCUT2D eigenvalue weighted by Crippen LogP contribution is -2.13. The third kappa shape index (κ3) is 3.91. The Bertz CT molecular complexity index is 482. The maximum Gasteiger partial charge on any atom is 0.106 e. The number of hydrogen-bond donors (Lipinski definition) is 1. The molecule has 0 atom stereocenters. The summed E-state index contributed by atoms with van der Waals surface area (Å²) < 4.78 is 0.869. The number of hydrogen-bond acceptors (Lipinski definition) is 3. The normalized spacial score (nSPS) is 10.5. The summed E-state index contributed by atoms with van der Waals surface area (Å²) >= 11 is 3.36. The molecule has 0 radical (unpaired) electrons. The zero-order valence-electron chi connectivity index (χ0n) is 9.65. The number of nitrogens with zero attached hydrogens (tertiary/aromatic N) is 2. The Morgan fingerprint density at radius 3 is 2.76 bits per heavy atom. The van der Waals surface area contributed by atoms with Gasteiger partial charge >= 0.3 is 0 Å². The molecule has 2 heterocycles. The first-order chi connectivity index (χ1) is 8.24. The largest absolute Gasteiger partial charge is 0.307 e. The van der Waals surface area contributed by atoms with E-state index in [0.29, 0.717) is 0 Å². The molecule has 0 spiro atoms. The molecule has 0 aliphatic heterocycles. The average molecular weight is 292 g/mol. The van der Waals surface area contributed by atoms with Crippen LogP contribution in [0.15, 0.2) is 41.1 Å². The van der Waals surface area contributed by atoms with Crippen LogP contribution in [-0.4, -0.2) is 9.97 Å². The minimum absolute atomic E-state index is 0.757. The van der Waals surface area contributed by atoms with Crippen molar-refractivity contribution in [1.29, 1.82) is 0 Å². The first kappa shape index (κ1) is 12.2. The molecule has 1 N–H and O–H groups in total. The van der Waals surface area contributed by atoms with Gasteiger partial charge in [-0.15, -0.1) is 0 Å². The van der Waals surface area contributed by atoms with E-state index in [1.165, 1.54) is 5.56 Å². The standard InChI is InChI=1S/C13H14BrN3/c1-10-5-6-11(8-16-10)7-15-9-12-3-2-4-13(14)17-12/h2-6,8,15H,7,9H2,1H3. The van der Waals surface area contributed by atoms with Gasteiger partial charge in [0.15, 0.2) is 0 Å². The molecule has 0 bridgehead atoms. The van der Waals surface area contributed by atoms with E-state index in [0.717, 1.165) is 29.1 Å². The van der Waals surface area contributed by atoms with E-state index >= 15 is 0 Å². The minimum Gasteiger partial charge on any atom is -0.307 e. The van der Waals surface area contributed by atoms with Crippen LogP contribution in [-0.2, 0) is 13.1 Å². The van der Waals surface area contributed by atoms with E-state index in [2.05, 4.69) is 37.3 Å². The van der Waals surface area contributed by atoms with E-state index in [1.54, 1.807) is 0 Å². The van der Waals surface area contributed by atoms with Gasteiger partial charge in [-0.1, -0.05) is 12.1 Å². The molecular formula is C13H14BrN3. The summed E-state index contributed by atoms with van der Waals surface area (Å²) in [5, 5.41) is 3.34. The van der Waals surface area contributed by atoms with Crippen LogP contribution in [0.3, 0.4) is 0 Å². The number of aryl methyl sites for hydroxylation is 1. The first-order valence-corrected chi connectivity index (χ1v) is 6.27. The first-order valence-electron chi connectivity index (χ1n) is 5.48. The summed E-state index contributed by atoms with van der Waals surface area (Å²) in [7, 11) is 0. The quantitative estimate of drug-likeness (QED) is 0.881. The van der Waals surface area contributed by atoms with Crippen LogP contribution in [0.5, 0.6) is 0 Å². The molecule has 3 nitrogen and oxygen atoms in total. The van der Waals surface area contributed by atoms with E-state index in [1.807, 2.05) is 37.4 Å². The Morgan fingerprint density at radius 1 is 1.18 bits per heavy atom. The van der Waals surface area contributed by atoms with Crippen LogP contribution in [0.4, 0.5) is 0 Å². The summed E-state index contributed by atoms with van der Waals surface area (Å²) in [6, 6.07) is 10.0. The van der Waals surface area contributed by atoms with Gasteiger partial charge in [0, 0.05) is 25.0 Å². The highest BCUT2D eigenvalue weighted by Crippen LogP contribution is 2.06. The van der Waals surface area contributed by atoms with Crippen molar-refractivity contribution in [1.82, 2.24) is 15.3 Å². The second-order valence-electron chi connectivity index (χ2n) is 3.86. The van der Waals surface area contributed by atoms with E-state index in [4.69, 9.17) is 0 Å². The number of pyridine rings is 2. The number of aromatic nitrogens is 2. The average Bonchev–Trinajstić information content (AvgIpc) is 2.32. The fourth-order valence-corrected chi connectivity index (χ4v) is 1.87. The third-order valence-corrected chi connectivity index (χ3v) is 2.82. The van der Waals surface area contributed by atoms with E-state index in [9.17, 15) is 0 Å². The van der Waals surface area contributed by atoms with Gasteiger partial charge in [-0.3, -0.25) is 4.98 Å². The molecule has 0 amide bonds. The zero-order valence-corrected chi connectivity index (χ0v) is 11.2. The molecule has 2 aromatic rings. The van der Waals surface area contributed by atoms with Crippen LogP contribution < -0.4 is 5.32 Å². The summed E-state index contributed by atoms with van der Waals surface area (Å²) in [4.78, 5) is 8.61. The van der Waals surface area contributed by atoms with Gasteiger partial charge in [0.2, 0.25) is 0 Å². The van der Waals surface area contributed by atoms with Gasteiger partial charge in [0.25, 0.3) is 0 Å². The van der Waals surface area contributed by atoms with Gasteiger partial charge < -0.3 is 5.32 Å². The SMILES string of the molecule is Cc1ccc(CNCc2cccc(Br)n2)cn1. The predicted molar refractivity (Wildman–Crippen MR) is 71.5 cm³/mol. The monoisotopic (exact) mass is 291 g/mol. The summed E-state index contributed by atoms with van der Waals surface area (Å²) in [5.74, 6) is 0. The Balaban J connectivity index is 1.85. The van der Waals surface area contributed by atoms with E-state index < -0.39 is 0 Å². The van der Waals surface area contributed by atoms with E-state index in [-0.39, 0.29) is 0 Å². The molecule has 2 rings (SSSR count). The lowest BCUT2D eigenvalue weighted by Gasteiger charge is -2.04. The highest BCUT2D eigenvalue weighted by atomic mass is 79.9. The summed E-state index contributed by atoms with van der Waals surface area (Å²) in [6.07, 6.45) is 1.90. The van der Waals surface area contributed by atoms with Crippen molar-refractivity contribution in [2.75, 3.05) is 0 Å². The van der Waals surface area contributed by atoms with Crippen LogP contribution in [0.1, 0.15) is 17.0 Å². The Labute approximate surface area is 109 Å². The van der Waals surface area contributed by atoms with Gasteiger partial charge in [-0.2, -0.15) is 0 Å². The summed E-state index contributed by atoms with van der Waals surface area (Å²) in [5.41, 5.74) is 3.26. The van der Waals surface area contributed by atoms with Gasteiger partial charge in [0.05, 0.1) is 5.69 Å². The zero-order chi connectivity index (χ0) is 12.1. The van der Waals surface area contributed by atoms with Gasteiger partial charge in [-0.25, -0.2) is 4.98 Å². The lowest BCUT2D eigenvalue weighted by molar-refractivity contribution is 0.676. The fraction of sp³-hybridized carbons (Fsp3) is 0.231. The maximum absolute atomic E-state index is 4.36. The van der Waals surface area contributed by atoms with Crippen molar-refractivity contribution in [3.63, 3.8) is 0 Å². The van der Waals surface area contributed by atoms with Crippen molar-refractivity contribution < 1.29 is 0 Å². The Morgan fingerprint density at radius 2 is 2.06 bits per heavy atom. The highest BCUT2D eigenvalue weighted by molar-refractivity contribution is 9.10. The topological polar surface area (TPSA) is 37.8 Å².